The van der Waals surface area contributed by atoms with Gasteiger partial charge in [0.05, 0.1) is 0 Å². The van der Waals surface area contributed by atoms with Crippen molar-refractivity contribution in [1.82, 2.24) is 14.9 Å². The molecule has 3 N–H and O–H groups in total. The van der Waals surface area contributed by atoms with Gasteiger partial charge in [-0.3, -0.25) is 0 Å². The molecule has 1 aliphatic heterocycles. The van der Waals surface area contributed by atoms with Crippen LogP contribution in [0, 0.1) is 0 Å². The fourth-order valence-electron chi connectivity index (χ4n) is 4.87. The van der Waals surface area contributed by atoms with Gasteiger partial charge < -0.3 is 0 Å². The monoisotopic (exact) mass is 508 g/mol. The van der Waals surface area contributed by atoms with Gasteiger partial charge in [0.25, 0.3) is 0 Å². The van der Waals surface area contributed by atoms with Crippen LogP contribution in [0.15, 0.2) is 30.5 Å². The van der Waals surface area contributed by atoms with E-state index in [2.05, 4.69) is 15.3 Å². The molecule has 1 saturated carbocycles. The van der Waals surface area contributed by atoms with Crippen LogP contribution in [0.3, 0.4) is 0 Å². The fourth-order valence-corrected chi connectivity index (χ4v) is 7.77. The number of hydrogen-bond acceptors (Lipinski definition) is 5. The van der Waals surface area contributed by atoms with Crippen LogP contribution < -0.4 is 15.4 Å². The summed E-state index contributed by atoms with van der Waals surface area (Å²) in [6, 6.07) is 7.16. The summed E-state index contributed by atoms with van der Waals surface area (Å²) in [4.78, 5) is 31.8. The number of rotatable bonds is 5. The summed E-state index contributed by atoms with van der Waals surface area (Å²) < 4.78 is 46.2. The zero-order valence-electron chi connectivity index (χ0n) is 19.5. The first kappa shape index (κ1) is 23.9. The number of fused-ring (bicyclic) bond motifs is 1. The van der Waals surface area contributed by atoms with E-state index in [1.807, 2.05) is 12.1 Å². The number of pyridine rings is 1. The number of nitrogens with zero attached hydrogens (tertiary/aromatic N) is 2. The number of alkyl halides is 3. The predicted molar refractivity (Wildman–Crippen MR) is 132 cm³/mol. The number of halogens is 3. The minimum atomic E-state index is -4.46. The molecule has 11 heteroatoms. The third kappa shape index (κ3) is 4.57. The number of H-pyrrole nitrogens is 1. The van der Waals surface area contributed by atoms with Crippen LogP contribution in [0.1, 0.15) is 36.8 Å². The van der Waals surface area contributed by atoms with Gasteiger partial charge in [-0.05, 0) is 0 Å². The first-order valence-electron chi connectivity index (χ1n) is 11.6. The Hall–Kier alpha value is -2.84. The standard InChI is InChI=1S/C24H28F3N4O3P/c1-14(32)31-7-9-35(33,10-8-31)16-5-6-19(20(11-16)34-2)29-21-12-17(15-3-4-15)22-18(24(25,26)27)13-28-23(22)30-21/h5-6,11-13,15,33,35H,3-4,7-10H2,1-2H3,(H2,28,29,30). The quantitative estimate of drug-likeness (QED) is 0.446. The van der Waals surface area contributed by atoms with E-state index in [-0.39, 0.29) is 22.9 Å². The molecule has 0 bridgehead atoms. The maximum absolute atomic E-state index is 13.5. The molecule has 0 unspecified atom stereocenters. The van der Waals surface area contributed by atoms with Crippen LogP contribution in [0.2, 0.25) is 0 Å². The molecule has 1 aromatic carbocycles. The fraction of sp³-hybridized carbons (Fsp3) is 0.417. The van der Waals surface area contributed by atoms with Crippen LogP contribution >= 0.6 is 7.49 Å². The number of aromatic nitrogens is 2. The average Bonchev–Trinajstić information content (AvgIpc) is 3.56. The number of amides is 1. The first-order chi connectivity index (χ1) is 16.6. The molecule has 188 valence electrons. The van der Waals surface area contributed by atoms with Gasteiger partial charge >= 0.3 is 201 Å². The second-order valence-electron chi connectivity index (χ2n) is 9.37. The van der Waals surface area contributed by atoms with Crippen LogP contribution in [-0.2, 0) is 11.0 Å². The summed E-state index contributed by atoms with van der Waals surface area (Å²) in [7, 11) is -1.23. The van der Waals surface area contributed by atoms with Gasteiger partial charge in [0, 0.05) is 0 Å². The van der Waals surface area contributed by atoms with Crippen LogP contribution in [-0.4, -0.2) is 58.2 Å². The van der Waals surface area contributed by atoms with Crippen molar-refractivity contribution in [2.75, 3.05) is 37.8 Å². The van der Waals surface area contributed by atoms with Gasteiger partial charge in [0.15, 0.2) is 0 Å². The van der Waals surface area contributed by atoms with Crippen molar-refractivity contribution >= 4 is 41.2 Å². The van der Waals surface area contributed by atoms with Crippen molar-refractivity contribution in [3.05, 3.63) is 41.6 Å². The Morgan fingerprint density at radius 3 is 2.57 bits per heavy atom. The van der Waals surface area contributed by atoms with E-state index in [0.29, 0.717) is 48.2 Å². The van der Waals surface area contributed by atoms with Gasteiger partial charge in [-0.1, -0.05) is 0 Å². The van der Waals surface area contributed by atoms with Crippen molar-refractivity contribution in [2.24, 2.45) is 0 Å². The van der Waals surface area contributed by atoms with E-state index in [1.165, 1.54) is 14.0 Å². The van der Waals surface area contributed by atoms with E-state index in [0.717, 1.165) is 24.3 Å². The van der Waals surface area contributed by atoms with Crippen molar-refractivity contribution in [1.29, 1.82) is 0 Å². The predicted octanol–water partition coefficient (Wildman–Crippen LogP) is 4.36. The molecule has 5 rings (SSSR count). The normalized spacial score (nSPS) is 19.0. The first-order valence-corrected chi connectivity index (χ1v) is 14.0. The van der Waals surface area contributed by atoms with E-state index in [9.17, 15) is 22.9 Å². The maximum atomic E-state index is 13.5. The van der Waals surface area contributed by atoms with Crippen LogP contribution in [0.25, 0.3) is 11.0 Å². The molecule has 0 atom stereocenters. The zero-order chi connectivity index (χ0) is 25.0. The summed E-state index contributed by atoms with van der Waals surface area (Å²) in [6.45, 7) is 2.60. The van der Waals surface area contributed by atoms with Crippen LogP contribution in [0.4, 0.5) is 24.7 Å². The van der Waals surface area contributed by atoms with E-state index < -0.39 is 19.2 Å². The number of benzene rings is 1. The Labute approximate surface area is 201 Å². The number of carbonyl (C=O) groups excluding carboxylic acids is 1. The molecule has 1 saturated heterocycles. The van der Waals surface area contributed by atoms with Crippen LogP contribution in [0.5, 0.6) is 5.75 Å². The van der Waals surface area contributed by atoms with Gasteiger partial charge in [0.2, 0.25) is 0 Å². The second-order valence-corrected chi connectivity index (χ2v) is 13.0. The molecule has 1 aliphatic carbocycles. The summed E-state index contributed by atoms with van der Waals surface area (Å²) in [5, 5.41) is 4.16. The van der Waals surface area contributed by atoms with Gasteiger partial charge in [-0.25, -0.2) is 0 Å². The molecule has 2 aromatic heterocycles. The number of aromatic amines is 1. The van der Waals surface area contributed by atoms with E-state index >= 15 is 0 Å². The summed E-state index contributed by atoms with van der Waals surface area (Å²) in [5.41, 5.74) is 0.745. The Morgan fingerprint density at radius 2 is 1.97 bits per heavy atom. The minimum absolute atomic E-state index is 0.0117. The average molecular weight is 508 g/mol. The zero-order valence-corrected chi connectivity index (χ0v) is 20.5. The molecule has 2 fully saturated rings. The van der Waals surface area contributed by atoms with Gasteiger partial charge in [-0.15, -0.1) is 0 Å². The molecular weight excluding hydrogens is 480 g/mol. The summed E-state index contributed by atoms with van der Waals surface area (Å²) in [5.74, 6) is 1.03. The van der Waals surface area contributed by atoms with Crippen molar-refractivity contribution in [3.63, 3.8) is 0 Å². The number of nitrogens with one attached hydrogen (secondary N) is 2. The number of carbonyl (C=O) groups is 1. The molecule has 1 amide bonds. The molecular formula is C24H28F3N4O3P. The van der Waals surface area contributed by atoms with Gasteiger partial charge in [0.1, 0.15) is 0 Å². The Balaban J connectivity index is 1.45. The molecule has 3 heterocycles. The molecule has 3 aromatic rings. The summed E-state index contributed by atoms with van der Waals surface area (Å²) in [6.07, 6.45) is -0.667. The van der Waals surface area contributed by atoms with E-state index in [1.54, 1.807) is 17.0 Å². The Bertz CT molecular complexity index is 1280. The van der Waals surface area contributed by atoms with Crippen molar-refractivity contribution < 1.29 is 27.6 Å². The summed E-state index contributed by atoms with van der Waals surface area (Å²) >= 11 is 0. The molecule has 0 radical (unpaired) electrons. The number of ether oxygens (including phenoxy) is 1. The van der Waals surface area contributed by atoms with Crippen molar-refractivity contribution in [2.45, 2.75) is 31.9 Å². The molecule has 2 aliphatic rings. The van der Waals surface area contributed by atoms with Gasteiger partial charge in [-0.2, -0.15) is 0 Å². The van der Waals surface area contributed by atoms with Crippen molar-refractivity contribution in [3.8, 4) is 5.75 Å². The second kappa shape index (κ2) is 8.68. The third-order valence-corrected chi connectivity index (χ3v) is 10.5. The molecule has 0 spiro atoms. The molecule has 35 heavy (non-hydrogen) atoms. The topological polar surface area (TPSA) is 90.5 Å². The number of anilines is 2. The number of methoxy groups -OCH3 is 1. The Morgan fingerprint density at radius 1 is 1.26 bits per heavy atom. The SMILES string of the molecule is COc1cc([PH]2(O)CCN(C(C)=O)CC2)ccc1Nc1cc(C2CC2)c2c(C(F)(F)F)c[nH]c2n1. The number of hydrogen-bond donors (Lipinski definition) is 3. The third-order valence-electron chi connectivity index (χ3n) is 7.03. The Kier molecular flexibility index (Phi) is 5.92. The molecule has 7 nitrogen and oxygen atoms in total. The van der Waals surface area contributed by atoms with E-state index in [4.69, 9.17) is 4.74 Å².